The topological polar surface area (TPSA) is 158 Å². The van der Waals surface area contributed by atoms with Gasteiger partial charge < -0.3 is 30.0 Å². The standard InChI is InChI=1S/C20H19N5O7/c1-30-15-8-11(9-16(31-2)17(15)32-3)22-20-21-10-14(25(28)29)18(24-20)23-13-7-5-4-6-12(13)19(26)27/h4-10H,1-3H3,(H,26,27)(H2,21,22,23,24). The third-order valence-corrected chi connectivity index (χ3v) is 4.30. The molecule has 0 fully saturated rings. The number of rotatable bonds is 9. The SMILES string of the molecule is COc1cc(Nc2ncc([N+](=O)[O-])c(Nc3ccccc3C(=O)O)n2)cc(OC)c1OC. The van der Waals surface area contributed by atoms with E-state index in [0.29, 0.717) is 22.9 Å². The van der Waals surface area contributed by atoms with E-state index in [9.17, 15) is 20.0 Å². The van der Waals surface area contributed by atoms with Crippen molar-refractivity contribution in [2.75, 3.05) is 32.0 Å². The Morgan fingerprint density at radius 3 is 2.28 bits per heavy atom. The summed E-state index contributed by atoms with van der Waals surface area (Å²) in [6.07, 6.45) is 1.01. The van der Waals surface area contributed by atoms with Gasteiger partial charge in [0.2, 0.25) is 17.5 Å². The molecule has 3 aromatic rings. The molecule has 0 radical (unpaired) electrons. The lowest BCUT2D eigenvalue weighted by Crippen LogP contribution is -2.07. The Bertz CT molecular complexity index is 1140. The minimum absolute atomic E-state index is 0.0141. The monoisotopic (exact) mass is 441 g/mol. The maximum Gasteiger partial charge on any atom is 0.337 e. The molecule has 0 amide bonds. The fourth-order valence-corrected chi connectivity index (χ4v) is 2.85. The highest BCUT2D eigenvalue weighted by molar-refractivity contribution is 5.95. The molecular weight excluding hydrogens is 422 g/mol. The van der Waals surface area contributed by atoms with Crippen molar-refractivity contribution in [1.29, 1.82) is 0 Å². The summed E-state index contributed by atoms with van der Waals surface area (Å²) in [5.41, 5.74) is 0.103. The first kappa shape index (κ1) is 22.1. The summed E-state index contributed by atoms with van der Waals surface area (Å²) in [4.78, 5) is 30.4. The molecule has 0 aliphatic rings. The highest BCUT2D eigenvalue weighted by atomic mass is 16.6. The molecule has 32 heavy (non-hydrogen) atoms. The van der Waals surface area contributed by atoms with Crippen LogP contribution in [0, 0.1) is 10.1 Å². The smallest absolute Gasteiger partial charge is 0.337 e. The number of hydrogen-bond donors (Lipinski definition) is 3. The number of carboxylic acid groups (broad SMARTS) is 1. The highest BCUT2D eigenvalue weighted by Crippen LogP contribution is 2.40. The van der Waals surface area contributed by atoms with Crippen LogP contribution in [-0.2, 0) is 0 Å². The molecular formula is C20H19N5O7. The van der Waals surface area contributed by atoms with Gasteiger partial charge in [-0.3, -0.25) is 10.1 Å². The van der Waals surface area contributed by atoms with Crippen molar-refractivity contribution < 1.29 is 29.0 Å². The number of hydrogen-bond acceptors (Lipinski definition) is 10. The van der Waals surface area contributed by atoms with E-state index >= 15 is 0 Å². The van der Waals surface area contributed by atoms with E-state index in [1.165, 1.54) is 33.5 Å². The van der Waals surface area contributed by atoms with Crippen LogP contribution in [-0.4, -0.2) is 47.3 Å². The highest BCUT2D eigenvalue weighted by Gasteiger charge is 2.21. The van der Waals surface area contributed by atoms with Crippen molar-refractivity contribution in [3.63, 3.8) is 0 Å². The number of aromatic nitrogens is 2. The number of benzene rings is 2. The van der Waals surface area contributed by atoms with Crippen molar-refractivity contribution in [2.45, 2.75) is 0 Å². The summed E-state index contributed by atoms with van der Waals surface area (Å²) < 4.78 is 15.9. The fraction of sp³-hybridized carbons (Fsp3) is 0.150. The Labute approximate surface area is 181 Å². The van der Waals surface area contributed by atoms with Gasteiger partial charge in [0.15, 0.2) is 11.5 Å². The van der Waals surface area contributed by atoms with Gasteiger partial charge in [-0.1, -0.05) is 12.1 Å². The molecule has 1 aromatic heterocycles. The Morgan fingerprint density at radius 1 is 1.06 bits per heavy atom. The van der Waals surface area contributed by atoms with E-state index in [0.717, 1.165) is 6.20 Å². The number of carboxylic acids is 1. The van der Waals surface area contributed by atoms with Gasteiger partial charge in [-0.2, -0.15) is 4.98 Å². The lowest BCUT2D eigenvalue weighted by atomic mass is 10.2. The molecule has 0 aliphatic heterocycles. The largest absolute Gasteiger partial charge is 0.493 e. The van der Waals surface area contributed by atoms with E-state index in [-0.39, 0.29) is 23.0 Å². The summed E-state index contributed by atoms with van der Waals surface area (Å²) in [7, 11) is 4.40. The van der Waals surface area contributed by atoms with Crippen LogP contribution in [0.3, 0.4) is 0 Å². The molecule has 0 atom stereocenters. The molecule has 1 heterocycles. The molecule has 0 saturated carbocycles. The van der Waals surface area contributed by atoms with Gasteiger partial charge in [0, 0.05) is 17.8 Å². The number of nitrogens with zero attached hydrogens (tertiary/aromatic N) is 3. The number of nitro groups is 1. The van der Waals surface area contributed by atoms with E-state index in [1.807, 2.05) is 0 Å². The summed E-state index contributed by atoms with van der Waals surface area (Å²) in [6.45, 7) is 0. The van der Waals surface area contributed by atoms with Crippen LogP contribution in [0.1, 0.15) is 10.4 Å². The van der Waals surface area contributed by atoms with Gasteiger partial charge >= 0.3 is 11.7 Å². The van der Waals surface area contributed by atoms with Crippen molar-refractivity contribution >= 4 is 34.8 Å². The second kappa shape index (κ2) is 9.47. The average molecular weight is 441 g/mol. The molecule has 3 N–H and O–H groups in total. The zero-order valence-electron chi connectivity index (χ0n) is 17.3. The molecule has 0 spiro atoms. The van der Waals surface area contributed by atoms with Crippen LogP contribution >= 0.6 is 0 Å². The third kappa shape index (κ3) is 4.59. The van der Waals surface area contributed by atoms with Gasteiger partial charge in [0.1, 0.15) is 6.20 Å². The van der Waals surface area contributed by atoms with E-state index in [1.54, 1.807) is 24.3 Å². The Hall–Kier alpha value is -4.61. The predicted octanol–water partition coefficient (Wildman–Crippen LogP) is 3.60. The van der Waals surface area contributed by atoms with Crippen LogP contribution in [0.25, 0.3) is 0 Å². The van der Waals surface area contributed by atoms with Crippen molar-refractivity contribution in [3.05, 3.63) is 58.3 Å². The average Bonchev–Trinajstić information content (AvgIpc) is 2.78. The minimum atomic E-state index is -1.19. The Morgan fingerprint density at radius 2 is 1.72 bits per heavy atom. The summed E-state index contributed by atoms with van der Waals surface area (Å²) in [5.74, 6) is -0.220. The van der Waals surface area contributed by atoms with Gasteiger partial charge in [-0.25, -0.2) is 9.78 Å². The molecule has 2 aromatic carbocycles. The second-order valence-electron chi connectivity index (χ2n) is 6.20. The summed E-state index contributed by atoms with van der Waals surface area (Å²) in [6, 6.07) is 9.20. The maximum atomic E-state index is 11.5. The zero-order chi connectivity index (χ0) is 23.3. The summed E-state index contributed by atoms with van der Waals surface area (Å²) in [5, 5.41) is 26.4. The van der Waals surface area contributed by atoms with Gasteiger partial charge in [-0.15, -0.1) is 0 Å². The zero-order valence-corrected chi connectivity index (χ0v) is 17.3. The number of anilines is 4. The van der Waals surface area contributed by atoms with Crippen LogP contribution in [0.5, 0.6) is 17.2 Å². The third-order valence-electron chi connectivity index (χ3n) is 4.30. The number of methoxy groups -OCH3 is 3. The Kier molecular flexibility index (Phi) is 6.53. The number of carbonyl (C=O) groups is 1. The minimum Gasteiger partial charge on any atom is -0.493 e. The molecule has 3 rings (SSSR count). The van der Waals surface area contributed by atoms with Crippen LogP contribution in [0.15, 0.2) is 42.6 Å². The first-order valence-corrected chi connectivity index (χ1v) is 9.05. The number of nitrogens with one attached hydrogen (secondary N) is 2. The van der Waals surface area contributed by atoms with Crippen molar-refractivity contribution in [2.24, 2.45) is 0 Å². The first-order valence-electron chi connectivity index (χ1n) is 9.05. The van der Waals surface area contributed by atoms with Crippen molar-refractivity contribution in [3.8, 4) is 17.2 Å². The van der Waals surface area contributed by atoms with Crippen LogP contribution in [0.2, 0.25) is 0 Å². The number of para-hydroxylation sites is 1. The first-order chi connectivity index (χ1) is 15.4. The number of ether oxygens (including phenoxy) is 3. The number of aromatic carboxylic acids is 1. The molecule has 0 bridgehead atoms. The molecule has 0 aliphatic carbocycles. The molecule has 12 heteroatoms. The second-order valence-corrected chi connectivity index (χ2v) is 6.20. The van der Waals surface area contributed by atoms with Crippen LogP contribution < -0.4 is 24.8 Å². The normalized spacial score (nSPS) is 10.2. The summed E-state index contributed by atoms with van der Waals surface area (Å²) >= 11 is 0. The van der Waals surface area contributed by atoms with Crippen LogP contribution in [0.4, 0.5) is 28.8 Å². The Balaban J connectivity index is 2.00. The molecule has 0 saturated heterocycles. The molecule has 166 valence electrons. The lowest BCUT2D eigenvalue weighted by Gasteiger charge is -2.15. The molecule has 0 unspecified atom stereocenters. The van der Waals surface area contributed by atoms with E-state index in [4.69, 9.17) is 14.2 Å². The lowest BCUT2D eigenvalue weighted by molar-refractivity contribution is -0.384. The van der Waals surface area contributed by atoms with Gasteiger partial charge in [0.25, 0.3) is 0 Å². The fourth-order valence-electron chi connectivity index (χ4n) is 2.85. The van der Waals surface area contributed by atoms with Crippen molar-refractivity contribution in [1.82, 2.24) is 9.97 Å². The van der Waals surface area contributed by atoms with Gasteiger partial charge in [0.05, 0.1) is 37.5 Å². The predicted molar refractivity (Wildman–Crippen MR) is 115 cm³/mol. The van der Waals surface area contributed by atoms with E-state index < -0.39 is 16.6 Å². The van der Waals surface area contributed by atoms with Gasteiger partial charge in [-0.05, 0) is 12.1 Å². The maximum absolute atomic E-state index is 11.5. The van der Waals surface area contributed by atoms with E-state index in [2.05, 4.69) is 20.6 Å². The molecule has 12 nitrogen and oxygen atoms in total. The quantitative estimate of drug-likeness (QED) is 0.329.